The molecule has 6 nitrogen and oxygen atoms in total. The lowest BCUT2D eigenvalue weighted by Crippen LogP contribution is -2.45. The summed E-state index contributed by atoms with van der Waals surface area (Å²) < 4.78 is 22.2. The van der Waals surface area contributed by atoms with Crippen LogP contribution in [-0.2, 0) is 18.0 Å². The number of amides is 1. The summed E-state index contributed by atoms with van der Waals surface area (Å²) in [7, 11) is -2.50. The minimum Gasteiger partial charge on any atom is -0.450 e. The van der Waals surface area contributed by atoms with Crippen molar-refractivity contribution in [1.82, 2.24) is 5.32 Å². The quantitative estimate of drug-likeness (QED) is 0.417. The molecule has 0 aliphatic rings. The second kappa shape index (κ2) is 13.1. The lowest BCUT2D eigenvalue weighted by molar-refractivity contribution is 0.0706. The molecule has 0 aliphatic heterocycles. The predicted molar refractivity (Wildman–Crippen MR) is 84.3 cm³/mol. The zero-order valence-corrected chi connectivity index (χ0v) is 14.9. The molecular formula is C14H31NO5Si. The summed E-state index contributed by atoms with van der Waals surface area (Å²) in [5.41, 5.74) is 0. The molecule has 0 saturated heterocycles. The molecule has 0 atom stereocenters. The van der Waals surface area contributed by atoms with Crippen LogP contribution >= 0.6 is 0 Å². The van der Waals surface area contributed by atoms with E-state index in [0.717, 1.165) is 25.3 Å². The Morgan fingerprint density at radius 1 is 0.857 bits per heavy atom. The van der Waals surface area contributed by atoms with E-state index in [1.165, 1.54) is 0 Å². The van der Waals surface area contributed by atoms with Crippen LogP contribution in [0.4, 0.5) is 4.79 Å². The van der Waals surface area contributed by atoms with Crippen LogP contribution in [0.2, 0.25) is 6.04 Å². The van der Waals surface area contributed by atoms with Gasteiger partial charge in [-0.1, -0.05) is 6.42 Å². The van der Waals surface area contributed by atoms with Crippen LogP contribution in [0.1, 0.15) is 47.0 Å². The van der Waals surface area contributed by atoms with Crippen molar-refractivity contribution in [3.05, 3.63) is 0 Å². The first-order valence-corrected chi connectivity index (χ1v) is 9.89. The van der Waals surface area contributed by atoms with Gasteiger partial charge in [-0.05, 0) is 40.5 Å². The summed E-state index contributed by atoms with van der Waals surface area (Å²) in [6.45, 7) is 10.5. The van der Waals surface area contributed by atoms with Crippen molar-refractivity contribution >= 4 is 14.9 Å². The summed E-state index contributed by atoms with van der Waals surface area (Å²) >= 11 is 0. The number of alkyl carbamates (subject to hydrolysis) is 1. The highest BCUT2D eigenvalue weighted by atomic mass is 28.4. The number of ether oxygens (including phenoxy) is 1. The highest BCUT2D eigenvalue weighted by Crippen LogP contribution is 2.19. The minimum absolute atomic E-state index is 0.348. The van der Waals surface area contributed by atoms with Crippen molar-refractivity contribution in [1.29, 1.82) is 0 Å². The summed E-state index contributed by atoms with van der Waals surface area (Å²) in [6, 6.07) is 0.821. The smallest absolute Gasteiger partial charge is 0.450 e. The van der Waals surface area contributed by atoms with Gasteiger partial charge in [-0.25, -0.2) is 4.79 Å². The largest absolute Gasteiger partial charge is 0.500 e. The van der Waals surface area contributed by atoms with Crippen LogP contribution in [0, 0.1) is 0 Å². The third-order valence-corrected chi connectivity index (χ3v) is 5.95. The van der Waals surface area contributed by atoms with Crippen LogP contribution in [0.25, 0.3) is 0 Å². The molecule has 0 rings (SSSR count). The van der Waals surface area contributed by atoms with Gasteiger partial charge in [-0.15, -0.1) is 0 Å². The third-order valence-electron chi connectivity index (χ3n) is 2.80. The summed E-state index contributed by atoms with van der Waals surface area (Å²) in [6.07, 6.45) is 2.53. The fraction of sp³-hybridized carbons (Fsp3) is 0.929. The molecule has 126 valence electrons. The molecule has 0 heterocycles. The van der Waals surface area contributed by atoms with Gasteiger partial charge in [-0.2, -0.15) is 0 Å². The maximum atomic E-state index is 11.1. The Kier molecular flexibility index (Phi) is 12.7. The number of unbranched alkanes of at least 4 members (excludes halogenated alkanes) is 2. The van der Waals surface area contributed by atoms with E-state index in [0.29, 0.717) is 33.0 Å². The fourth-order valence-corrected chi connectivity index (χ4v) is 4.70. The van der Waals surface area contributed by atoms with Crippen LogP contribution in [0.15, 0.2) is 0 Å². The molecule has 0 aromatic rings. The average Bonchev–Trinajstić information content (AvgIpc) is 2.44. The van der Waals surface area contributed by atoms with E-state index in [9.17, 15) is 4.79 Å². The molecule has 0 radical (unpaired) electrons. The van der Waals surface area contributed by atoms with Gasteiger partial charge in [0.2, 0.25) is 0 Å². The van der Waals surface area contributed by atoms with Gasteiger partial charge >= 0.3 is 14.9 Å². The molecule has 0 spiro atoms. The number of carbonyl (C=O) groups is 1. The number of hydrogen-bond donors (Lipinski definition) is 1. The monoisotopic (exact) mass is 321 g/mol. The Labute approximate surface area is 129 Å². The molecule has 1 N–H and O–H groups in total. The second-order valence-corrected chi connectivity index (χ2v) is 7.17. The maximum absolute atomic E-state index is 11.1. The fourth-order valence-electron chi connectivity index (χ4n) is 2.02. The molecule has 0 unspecified atom stereocenters. The standard InChI is InChI=1S/C14H31NO5Si/c1-5-17-14(16)15-12-10-9-11-13-21(18-6-2,19-7-3)20-8-4/h5-13H2,1-4H3,(H,15,16). The number of rotatable bonds is 13. The molecule has 0 aliphatic carbocycles. The van der Waals surface area contributed by atoms with Crippen molar-refractivity contribution in [2.45, 2.75) is 53.0 Å². The van der Waals surface area contributed by atoms with E-state index in [1.54, 1.807) is 6.92 Å². The van der Waals surface area contributed by atoms with E-state index >= 15 is 0 Å². The molecular weight excluding hydrogens is 290 g/mol. The normalized spacial score (nSPS) is 11.4. The zero-order valence-electron chi connectivity index (χ0n) is 13.9. The number of hydrogen-bond acceptors (Lipinski definition) is 5. The maximum Gasteiger partial charge on any atom is 0.500 e. The van der Waals surface area contributed by atoms with Gasteiger partial charge in [-0.3, -0.25) is 0 Å². The molecule has 0 aromatic carbocycles. The van der Waals surface area contributed by atoms with Crippen LogP contribution < -0.4 is 5.32 Å². The topological polar surface area (TPSA) is 66.0 Å². The van der Waals surface area contributed by atoms with Crippen molar-refractivity contribution < 1.29 is 22.8 Å². The van der Waals surface area contributed by atoms with E-state index in [4.69, 9.17) is 18.0 Å². The number of nitrogens with one attached hydrogen (secondary N) is 1. The predicted octanol–water partition coefficient (Wildman–Crippen LogP) is 2.95. The van der Waals surface area contributed by atoms with Gasteiger partial charge in [0.1, 0.15) is 0 Å². The van der Waals surface area contributed by atoms with Gasteiger partial charge in [0.05, 0.1) is 6.61 Å². The first-order chi connectivity index (χ1) is 10.1. The number of carbonyl (C=O) groups excluding carboxylic acids is 1. The second-order valence-electron chi connectivity index (χ2n) is 4.44. The molecule has 7 heteroatoms. The van der Waals surface area contributed by atoms with Gasteiger partial charge in [0.15, 0.2) is 0 Å². The van der Waals surface area contributed by atoms with Crippen molar-refractivity contribution in [3.8, 4) is 0 Å². The summed E-state index contributed by atoms with van der Waals surface area (Å²) in [4.78, 5) is 11.1. The summed E-state index contributed by atoms with van der Waals surface area (Å²) in [5, 5.41) is 2.71. The highest BCUT2D eigenvalue weighted by Gasteiger charge is 2.39. The molecule has 0 fully saturated rings. The summed E-state index contributed by atoms with van der Waals surface area (Å²) in [5.74, 6) is 0. The Balaban J connectivity index is 3.93. The Hall–Kier alpha value is -0.633. The molecule has 0 aromatic heterocycles. The Bertz CT molecular complexity index is 249. The third kappa shape index (κ3) is 9.84. The lowest BCUT2D eigenvalue weighted by Gasteiger charge is -2.28. The zero-order chi connectivity index (χ0) is 16.0. The van der Waals surface area contributed by atoms with Crippen molar-refractivity contribution in [2.75, 3.05) is 33.0 Å². The van der Waals surface area contributed by atoms with E-state index in [2.05, 4.69) is 5.32 Å². The van der Waals surface area contributed by atoms with Crippen LogP contribution in [-0.4, -0.2) is 47.9 Å². The van der Waals surface area contributed by atoms with E-state index < -0.39 is 8.80 Å². The molecule has 0 bridgehead atoms. The SMILES string of the molecule is CCOC(=O)NCCCCC[Si](OCC)(OCC)OCC. The first kappa shape index (κ1) is 20.4. The molecule has 21 heavy (non-hydrogen) atoms. The van der Waals surface area contributed by atoms with Gasteiger partial charge in [0.25, 0.3) is 0 Å². The van der Waals surface area contributed by atoms with E-state index in [-0.39, 0.29) is 6.09 Å². The van der Waals surface area contributed by atoms with Crippen LogP contribution in [0.5, 0.6) is 0 Å². The molecule has 0 saturated carbocycles. The first-order valence-electron chi connectivity index (χ1n) is 7.96. The van der Waals surface area contributed by atoms with Crippen molar-refractivity contribution in [2.24, 2.45) is 0 Å². The minimum atomic E-state index is -2.50. The van der Waals surface area contributed by atoms with Gasteiger partial charge in [0, 0.05) is 32.4 Å². The average molecular weight is 321 g/mol. The van der Waals surface area contributed by atoms with Crippen molar-refractivity contribution in [3.63, 3.8) is 0 Å². The van der Waals surface area contributed by atoms with Gasteiger partial charge < -0.3 is 23.3 Å². The van der Waals surface area contributed by atoms with Crippen LogP contribution in [0.3, 0.4) is 0 Å². The molecule has 1 amide bonds. The Morgan fingerprint density at radius 2 is 1.43 bits per heavy atom. The van der Waals surface area contributed by atoms with E-state index in [1.807, 2.05) is 20.8 Å². The lowest BCUT2D eigenvalue weighted by atomic mass is 10.2. The highest BCUT2D eigenvalue weighted by molar-refractivity contribution is 6.60. The Morgan fingerprint density at radius 3 is 1.90 bits per heavy atom.